The molecule has 0 heterocycles. The first-order valence-corrected chi connectivity index (χ1v) is 22.1. The summed E-state index contributed by atoms with van der Waals surface area (Å²) in [6.07, 6.45) is 49.0. The molecular weight excluding hydrogens is 701 g/mol. The summed E-state index contributed by atoms with van der Waals surface area (Å²) in [5.74, 6) is -0.922. The number of ether oxygens (including phenoxy) is 2. The van der Waals surface area contributed by atoms with Crippen molar-refractivity contribution in [1.82, 2.24) is 0 Å². The summed E-state index contributed by atoms with van der Waals surface area (Å²) in [4.78, 5) is 34.8. The number of esters is 2. The van der Waals surface area contributed by atoms with Gasteiger partial charge in [-0.1, -0.05) is 137 Å². The number of hydrogen-bond acceptors (Lipinski definition) is 8. The second kappa shape index (κ2) is 39.9. The predicted octanol–water partition coefficient (Wildman–Crippen LogP) is 11.7. The Hall–Kier alpha value is -2.81. The number of carbonyl (C=O) groups excluding carboxylic acids is 2. The smallest absolute Gasteiger partial charge is 0.462 e. The van der Waals surface area contributed by atoms with Crippen LogP contribution in [0.25, 0.3) is 0 Å². The molecule has 3 N–H and O–H groups in total. The zero-order valence-electron chi connectivity index (χ0n) is 33.7. The van der Waals surface area contributed by atoms with Crippen LogP contribution in [-0.4, -0.2) is 49.3 Å². The first-order valence-electron chi connectivity index (χ1n) is 20.6. The van der Waals surface area contributed by atoms with E-state index in [0.717, 1.165) is 70.6 Å². The van der Waals surface area contributed by atoms with Crippen LogP contribution < -0.4 is 5.73 Å². The largest absolute Gasteiger partial charge is 0.472 e. The van der Waals surface area contributed by atoms with Gasteiger partial charge in [0, 0.05) is 19.4 Å². The van der Waals surface area contributed by atoms with E-state index in [9.17, 15) is 19.0 Å². The number of unbranched alkanes of at least 4 members (excludes halogenated alkanes) is 10. The van der Waals surface area contributed by atoms with Crippen molar-refractivity contribution in [2.75, 3.05) is 26.4 Å². The monoisotopic (exact) mass is 776 g/mol. The van der Waals surface area contributed by atoms with E-state index in [1.807, 2.05) is 6.08 Å². The Bertz CT molecular complexity index is 1160. The second-order valence-corrected chi connectivity index (χ2v) is 14.6. The highest BCUT2D eigenvalue weighted by Crippen LogP contribution is 2.43. The Balaban J connectivity index is 4.33. The molecule has 0 amide bonds. The number of rotatable bonds is 37. The molecule has 0 saturated heterocycles. The van der Waals surface area contributed by atoms with Crippen LogP contribution in [-0.2, 0) is 32.7 Å². The van der Waals surface area contributed by atoms with Crippen LogP contribution in [0, 0.1) is 0 Å². The van der Waals surface area contributed by atoms with Crippen molar-refractivity contribution >= 4 is 19.8 Å². The first-order chi connectivity index (χ1) is 26.3. The SMILES string of the molecule is CC/C=C\C/C=C\C/C=C\C/C=C\C/C=C\CCCC(=O)OC(COC(=O)CCCCCCC/C=C\C/C=C\CCCCCC)COP(=O)(O)OCCN. The molecule has 0 aliphatic rings. The molecule has 0 aliphatic carbocycles. The zero-order valence-corrected chi connectivity index (χ0v) is 34.6. The standard InChI is InChI=1S/C44H74NO8P/c1-3-5-7-9-11-13-15-17-19-21-23-25-27-29-31-33-35-37-44(47)53-42(41-52-54(48,49)51-39-38-45)40-50-43(46)36-34-32-30-28-26-24-22-20-18-16-14-12-10-8-6-4-2/h5,7,11,13-14,16-17,19-20,22-23,25,29,31,42H,3-4,6,8-10,12,15,18,21,24,26-28,30,32-41,45H2,1-2H3,(H,48,49)/b7-5-,13-11-,16-14-,19-17-,22-20-,25-23-,31-29-. The van der Waals surface area contributed by atoms with Gasteiger partial charge in [-0.05, 0) is 83.5 Å². The van der Waals surface area contributed by atoms with Gasteiger partial charge in [-0.15, -0.1) is 0 Å². The average Bonchev–Trinajstić information content (AvgIpc) is 3.16. The number of phosphoric ester groups is 1. The number of carbonyl (C=O) groups is 2. The van der Waals surface area contributed by atoms with Crippen molar-refractivity contribution in [1.29, 1.82) is 0 Å². The van der Waals surface area contributed by atoms with E-state index >= 15 is 0 Å². The molecule has 0 rings (SSSR count). The van der Waals surface area contributed by atoms with E-state index in [0.29, 0.717) is 19.3 Å². The fourth-order valence-corrected chi connectivity index (χ4v) is 5.76. The van der Waals surface area contributed by atoms with E-state index in [4.69, 9.17) is 24.3 Å². The van der Waals surface area contributed by atoms with Crippen LogP contribution in [0.4, 0.5) is 0 Å². The van der Waals surface area contributed by atoms with Gasteiger partial charge in [0.25, 0.3) is 0 Å². The Morgan fingerprint density at radius 2 is 1.04 bits per heavy atom. The predicted molar refractivity (Wildman–Crippen MR) is 224 cm³/mol. The van der Waals surface area contributed by atoms with Crippen molar-refractivity contribution in [2.45, 2.75) is 155 Å². The summed E-state index contributed by atoms with van der Waals surface area (Å²) in [6.45, 7) is 3.49. The molecule has 0 radical (unpaired) electrons. The quantitative estimate of drug-likeness (QED) is 0.0274. The van der Waals surface area contributed by atoms with Gasteiger partial charge in [0.1, 0.15) is 6.61 Å². The molecule has 0 aromatic rings. The van der Waals surface area contributed by atoms with E-state index in [1.165, 1.54) is 32.1 Å². The van der Waals surface area contributed by atoms with Gasteiger partial charge in [0.05, 0.1) is 13.2 Å². The maximum atomic E-state index is 12.5. The lowest BCUT2D eigenvalue weighted by Gasteiger charge is -2.19. The minimum absolute atomic E-state index is 0.0377. The zero-order chi connectivity index (χ0) is 39.6. The van der Waals surface area contributed by atoms with Crippen molar-refractivity contribution in [3.05, 3.63) is 85.1 Å². The van der Waals surface area contributed by atoms with Gasteiger partial charge in [-0.25, -0.2) is 4.57 Å². The molecule has 2 unspecified atom stereocenters. The molecule has 0 fully saturated rings. The summed E-state index contributed by atoms with van der Waals surface area (Å²) < 4.78 is 32.6. The maximum absolute atomic E-state index is 12.5. The number of nitrogens with two attached hydrogens (primary N) is 1. The topological polar surface area (TPSA) is 134 Å². The lowest BCUT2D eigenvalue weighted by Crippen LogP contribution is -2.29. The van der Waals surface area contributed by atoms with Gasteiger partial charge < -0.3 is 20.1 Å². The van der Waals surface area contributed by atoms with Crippen molar-refractivity contribution in [2.24, 2.45) is 5.73 Å². The fraction of sp³-hybridized carbons (Fsp3) is 0.636. The van der Waals surface area contributed by atoms with Gasteiger partial charge in [-0.2, -0.15) is 0 Å². The van der Waals surface area contributed by atoms with Crippen LogP contribution in [0.2, 0.25) is 0 Å². The molecule has 54 heavy (non-hydrogen) atoms. The van der Waals surface area contributed by atoms with Crippen LogP contribution in [0.15, 0.2) is 85.1 Å². The van der Waals surface area contributed by atoms with Crippen LogP contribution >= 0.6 is 7.82 Å². The summed E-state index contributed by atoms with van der Waals surface area (Å²) >= 11 is 0. The number of hydrogen-bond donors (Lipinski definition) is 2. The van der Waals surface area contributed by atoms with Gasteiger partial charge in [0.15, 0.2) is 6.10 Å². The minimum Gasteiger partial charge on any atom is -0.462 e. The molecule has 0 bridgehead atoms. The van der Waals surface area contributed by atoms with Crippen LogP contribution in [0.3, 0.4) is 0 Å². The lowest BCUT2D eigenvalue weighted by molar-refractivity contribution is -0.161. The summed E-state index contributed by atoms with van der Waals surface area (Å²) in [7, 11) is -4.40. The first kappa shape index (κ1) is 51.2. The third-order valence-electron chi connectivity index (χ3n) is 8.02. The van der Waals surface area contributed by atoms with Gasteiger partial charge >= 0.3 is 19.8 Å². The summed E-state index contributed by atoms with van der Waals surface area (Å²) in [5.41, 5.74) is 5.33. The van der Waals surface area contributed by atoms with Crippen molar-refractivity contribution in [3.63, 3.8) is 0 Å². The van der Waals surface area contributed by atoms with Crippen molar-refractivity contribution in [3.8, 4) is 0 Å². The number of phosphoric acid groups is 1. The van der Waals surface area contributed by atoms with Crippen LogP contribution in [0.1, 0.15) is 149 Å². The summed E-state index contributed by atoms with van der Waals surface area (Å²) in [6, 6.07) is 0. The molecule has 10 heteroatoms. The Morgan fingerprint density at radius 1 is 0.574 bits per heavy atom. The molecule has 2 atom stereocenters. The van der Waals surface area contributed by atoms with E-state index < -0.39 is 32.5 Å². The normalized spacial score (nSPS) is 14.2. The lowest BCUT2D eigenvalue weighted by atomic mass is 10.1. The molecular formula is C44H74NO8P. The van der Waals surface area contributed by atoms with Gasteiger partial charge in [0.2, 0.25) is 0 Å². The fourth-order valence-electron chi connectivity index (χ4n) is 4.99. The number of allylic oxidation sites excluding steroid dienone is 14. The highest BCUT2D eigenvalue weighted by molar-refractivity contribution is 7.47. The Morgan fingerprint density at radius 3 is 1.57 bits per heavy atom. The molecule has 9 nitrogen and oxygen atoms in total. The van der Waals surface area contributed by atoms with E-state index in [-0.39, 0.29) is 32.6 Å². The highest BCUT2D eigenvalue weighted by atomic mass is 31.2. The molecule has 308 valence electrons. The van der Waals surface area contributed by atoms with E-state index in [1.54, 1.807) is 0 Å². The average molecular weight is 776 g/mol. The Labute approximate surface area is 328 Å². The van der Waals surface area contributed by atoms with Crippen molar-refractivity contribution < 1.29 is 37.6 Å². The highest BCUT2D eigenvalue weighted by Gasteiger charge is 2.25. The molecule has 0 spiro atoms. The Kier molecular flexibility index (Phi) is 37.8. The molecule has 0 saturated carbocycles. The van der Waals surface area contributed by atoms with Crippen LogP contribution in [0.5, 0.6) is 0 Å². The third kappa shape index (κ3) is 38.9. The molecule has 0 aromatic heterocycles. The summed E-state index contributed by atoms with van der Waals surface area (Å²) in [5, 5.41) is 0. The third-order valence-corrected chi connectivity index (χ3v) is 9.00. The minimum atomic E-state index is -4.40. The van der Waals surface area contributed by atoms with E-state index in [2.05, 4.69) is 92.8 Å². The molecule has 0 aromatic carbocycles. The molecule has 0 aliphatic heterocycles. The second-order valence-electron chi connectivity index (χ2n) is 13.1. The van der Waals surface area contributed by atoms with Gasteiger partial charge in [-0.3, -0.25) is 18.6 Å². The maximum Gasteiger partial charge on any atom is 0.472 e.